The highest BCUT2D eigenvalue weighted by Crippen LogP contribution is 2.28. The number of rotatable bonds is 5. The lowest BCUT2D eigenvalue weighted by molar-refractivity contribution is -0.384. The summed E-state index contributed by atoms with van der Waals surface area (Å²) in [6.45, 7) is 0.110. The first kappa shape index (κ1) is 17.3. The molecule has 0 aromatic heterocycles. The van der Waals surface area contributed by atoms with Crippen LogP contribution in [0, 0.1) is 16.0 Å². The molecular weight excluding hydrogens is 340 g/mol. The third-order valence-electron chi connectivity index (χ3n) is 4.09. The minimum Gasteiger partial charge on any atom is -0.425 e. The molecule has 1 saturated heterocycles. The largest absolute Gasteiger partial charge is 0.425 e. The van der Waals surface area contributed by atoms with Crippen LogP contribution < -0.4 is 9.64 Å². The molecule has 0 bridgehead atoms. The molecule has 0 unspecified atom stereocenters. The van der Waals surface area contributed by atoms with E-state index in [2.05, 4.69) is 0 Å². The molecule has 1 heterocycles. The van der Waals surface area contributed by atoms with Gasteiger partial charge in [0, 0.05) is 30.8 Å². The zero-order chi connectivity index (χ0) is 18.7. The maximum Gasteiger partial charge on any atom is 0.316 e. The number of carbonyl (C=O) groups excluding carboxylic acids is 3. The Kier molecular flexibility index (Phi) is 4.74. The van der Waals surface area contributed by atoms with Crippen molar-refractivity contribution in [1.82, 2.24) is 0 Å². The fraction of sp³-hybridized carbons (Fsp3) is 0.167. The van der Waals surface area contributed by atoms with Gasteiger partial charge in [-0.15, -0.1) is 0 Å². The van der Waals surface area contributed by atoms with Gasteiger partial charge in [-0.25, -0.2) is 0 Å². The van der Waals surface area contributed by atoms with Gasteiger partial charge in [0.2, 0.25) is 5.91 Å². The molecule has 1 fully saturated rings. The Morgan fingerprint density at radius 1 is 1.19 bits per heavy atom. The fourth-order valence-corrected chi connectivity index (χ4v) is 2.73. The number of amides is 1. The van der Waals surface area contributed by atoms with Crippen LogP contribution in [0.5, 0.6) is 5.75 Å². The molecule has 1 amide bonds. The lowest BCUT2D eigenvalue weighted by Crippen LogP contribution is -2.27. The van der Waals surface area contributed by atoms with Crippen molar-refractivity contribution in [1.29, 1.82) is 0 Å². The molecule has 8 heteroatoms. The normalized spacial score (nSPS) is 16.4. The summed E-state index contributed by atoms with van der Waals surface area (Å²) in [6.07, 6.45) is 0.560. The summed E-state index contributed by atoms with van der Waals surface area (Å²) in [5, 5.41) is 10.7. The number of carbonyl (C=O) groups is 3. The molecule has 1 aliphatic heterocycles. The van der Waals surface area contributed by atoms with Gasteiger partial charge in [-0.1, -0.05) is 12.1 Å². The van der Waals surface area contributed by atoms with Crippen molar-refractivity contribution in [3.8, 4) is 5.75 Å². The molecule has 0 radical (unpaired) electrons. The Morgan fingerprint density at radius 3 is 2.54 bits per heavy atom. The van der Waals surface area contributed by atoms with Crippen LogP contribution in [0.25, 0.3) is 0 Å². The Bertz CT molecular complexity index is 878. The zero-order valence-electron chi connectivity index (χ0n) is 13.5. The molecule has 1 atom stereocenters. The van der Waals surface area contributed by atoms with Gasteiger partial charge in [0.15, 0.2) is 6.29 Å². The zero-order valence-corrected chi connectivity index (χ0v) is 13.5. The van der Waals surface area contributed by atoms with Crippen molar-refractivity contribution >= 4 is 29.5 Å². The standard InChI is InChI=1S/C18H14N2O6/c21-11-12-3-1-2-4-16(12)26-18(23)13-9-17(22)19(10-13)14-5-7-15(8-6-14)20(24)25/h1-8,11,13H,9-10H2/t13-/m1/s1. The van der Waals surface area contributed by atoms with Gasteiger partial charge in [-0.2, -0.15) is 0 Å². The topological polar surface area (TPSA) is 107 Å². The first-order chi connectivity index (χ1) is 12.5. The Morgan fingerprint density at radius 2 is 1.88 bits per heavy atom. The number of nitro groups is 1. The molecule has 2 aromatic rings. The van der Waals surface area contributed by atoms with Crippen molar-refractivity contribution in [2.24, 2.45) is 5.92 Å². The third-order valence-corrected chi connectivity index (χ3v) is 4.09. The van der Waals surface area contributed by atoms with E-state index < -0.39 is 16.8 Å². The van der Waals surface area contributed by atoms with Crippen LogP contribution in [0.2, 0.25) is 0 Å². The van der Waals surface area contributed by atoms with Gasteiger partial charge in [0.05, 0.1) is 16.4 Å². The summed E-state index contributed by atoms with van der Waals surface area (Å²) in [7, 11) is 0. The number of esters is 1. The van der Waals surface area contributed by atoms with E-state index in [0.717, 1.165) is 0 Å². The summed E-state index contributed by atoms with van der Waals surface area (Å²) in [6, 6.07) is 11.8. The quantitative estimate of drug-likeness (QED) is 0.268. The third kappa shape index (κ3) is 3.44. The van der Waals surface area contributed by atoms with E-state index >= 15 is 0 Å². The smallest absolute Gasteiger partial charge is 0.316 e. The van der Waals surface area contributed by atoms with Crippen LogP contribution in [-0.2, 0) is 9.59 Å². The highest BCUT2D eigenvalue weighted by molar-refractivity contribution is 6.00. The van der Waals surface area contributed by atoms with Crippen molar-refractivity contribution < 1.29 is 24.0 Å². The molecule has 0 N–H and O–H groups in total. The van der Waals surface area contributed by atoms with Gasteiger partial charge >= 0.3 is 5.97 Å². The van der Waals surface area contributed by atoms with Gasteiger partial charge in [0.1, 0.15) is 5.75 Å². The molecule has 1 aliphatic rings. The molecule has 8 nitrogen and oxygen atoms in total. The lowest BCUT2D eigenvalue weighted by Gasteiger charge is -2.16. The van der Waals surface area contributed by atoms with Crippen LogP contribution >= 0.6 is 0 Å². The number of hydrogen-bond acceptors (Lipinski definition) is 6. The molecule has 3 rings (SSSR count). The summed E-state index contributed by atoms with van der Waals surface area (Å²) < 4.78 is 5.27. The molecule has 0 aliphatic carbocycles. The fourth-order valence-electron chi connectivity index (χ4n) is 2.73. The first-order valence-electron chi connectivity index (χ1n) is 7.80. The number of benzene rings is 2. The van der Waals surface area contributed by atoms with Gasteiger partial charge in [0.25, 0.3) is 5.69 Å². The first-order valence-corrected chi connectivity index (χ1v) is 7.80. The Hall–Kier alpha value is -3.55. The Balaban J connectivity index is 1.71. The SMILES string of the molecule is O=Cc1ccccc1OC(=O)[C@@H]1CC(=O)N(c2ccc([N+](=O)[O-])cc2)C1. The van der Waals surface area contributed by atoms with E-state index in [1.54, 1.807) is 12.1 Å². The minimum absolute atomic E-state index is 0.0287. The van der Waals surface area contributed by atoms with Gasteiger partial charge in [-0.05, 0) is 24.3 Å². The highest BCUT2D eigenvalue weighted by atomic mass is 16.6. The van der Waals surface area contributed by atoms with Gasteiger partial charge < -0.3 is 9.64 Å². The molecule has 2 aromatic carbocycles. The Labute approximate surface area is 148 Å². The number of nitro benzene ring substituents is 1. The maximum atomic E-state index is 12.3. The molecular formula is C18H14N2O6. The van der Waals surface area contributed by atoms with Crippen molar-refractivity contribution in [2.75, 3.05) is 11.4 Å². The number of ether oxygens (including phenoxy) is 1. The lowest BCUT2D eigenvalue weighted by atomic mass is 10.1. The van der Waals surface area contributed by atoms with Crippen molar-refractivity contribution in [3.63, 3.8) is 0 Å². The molecule has 0 spiro atoms. The van der Waals surface area contributed by atoms with Crippen LogP contribution in [0.3, 0.4) is 0 Å². The molecule has 26 heavy (non-hydrogen) atoms. The van der Waals surface area contributed by atoms with E-state index in [9.17, 15) is 24.5 Å². The van der Waals surface area contributed by atoms with Crippen LogP contribution in [0.4, 0.5) is 11.4 Å². The maximum absolute atomic E-state index is 12.3. The van der Waals surface area contributed by atoms with E-state index in [-0.39, 0.29) is 35.9 Å². The second-order valence-corrected chi connectivity index (χ2v) is 5.76. The van der Waals surface area contributed by atoms with E-state index in [0.29, 0.717) is 12.0 Å². The summed E-state index contributed by atoms with van der Waals surface area (Å²) in [5.74, 6) is -1.41. The second-order valence-electron chi connectivity index (χ2n) is 5.76. The number of hydrogen-bond donors (Lipinski definition) is 0. The average Bonchev–Trinajstić information content (AvgIpc) is 3.04. The number of non-ortho nitro benzene ring substituents is 1. The molecule has 132 valence electrons. The van der Waals surface area contributed by atoms with E-state index in [1.807, 2.05) is 0 Å². The van der Waals surface area contributed by atoms with Gasteiger partial charge in [-0.3, -0.25) is 24.5 Å². The van der Waals surface area contributed by atoms with E-state index in [1.165, 1.54) is 41.3 Å². The summed E-state index contributed by atoms with van der Waals surface area (Å²) in [4.78, 5) is 47.1. The number of nitrogens with zero attached hydrogens (tertiary/aromatic N) is 2. The summed E-state index contributed by atoms with van der Waals surface area (Å²) in [5.41, 5.74) is 0.642. The summed E-state index contributed by atoms with van der Waals surface area (Å²) >= 11 is 0. The minimum atomic E-state index is -0.683. The van der Waals surface area contributed by atoms with Crippen molar-refractivity contribution in [2.45, 2.75) is 6.42 Å². The predicted molar refractivity (Wildman–Crippen MR) is 91.0 cm³/mol. The van der Waals surface area contributed by atoms with Crippen LogP contribution in [-0.4, -0.2) is 29.6 Å². The highest BCUT2D eigenvalue weighted by Gasteiger charge is 2.36. The molecule has 0 saturated carbocycles. The number of aldehydes is 1. The predicted octanol–water partition coefficient (Wildman–Crippen LogP) is 2.37. The monoisotopic (exact) mass is 354 g/mol. The van der Waals surface area contributed by atoms with E-state index in [4.69, 9.17) is 4.74 Å². The second kappa shape index (κ2) is 7.14. The average molecular weight is 354 g/mol. The van der Waals surface area contributed by atoms with Crippen molar-refractivity contribution in [3.05, 3.63) is 64.2 Å². The number of anilines is 1. The number of para-hydroxylation sites is 1. The van der Waals surface area contributed by atoms with Crippen LogP contribution in [0.15, 0.2) is 48.5 Å². The van der Waals surface area contributed by atoms with Crippen LogP contribution in [0.1, 0.15) is 16.8 Å².